The molecule has 3 aliphatic rings. The Labute approximate surface area is 195 Å². The molecular formula is C24H35ClN6O. The van der Waals surface area contributed by atoms with Crippen molar-refractivity contribution in [1.29, 1.82) is 0 Å². The van der Waals surface area contributed by atoms with Crippen LogP contribution in [0.15, 0.2) is 12.3 Å². The lowest BCUT2D eigenvalue weighted by Gasteiger charge is -2.40. The second-order valence-electron chi connectivity index (χ2n) is 10.2. The Morgan fingerprint density at radius 2 is 2.03 bits per heavy atom. The maximum absolute atomic E-state index is 13.6. The van der Waals surface area contributed by atoms with Gasteiger partial charge in [0.25, 0.3) is 0 Å². The van der Waals surface area contributed by atoms with Crippen molar-refractivity contribution in [1.82, 2.24) is 19.5 Å². The predicted octanol–water partition coefficient (Wildman–Crippen LogP) is 3.67. The fourth-order valence-corrected chi connectivity index (χ4v) is 6.13. The van der Waals surface area contributed by atoms with Crippen LogP contribution in [0, 0.1) is 18.8 Å². The van der Waals surface area contributed by atoms with Crippen molar-refractivity contribution in [2.24, 2.45) is 17.6 Å². The Balaban J connectivity index is 1.43. The standard InChI is InChI=1S/C24H35ClN6O/c1-15-6-7-17(25)11-19(15)24(32)30-9-4-3-5-21(30)20-12-22-27-23(16(2)13-31(22)28-20)29-10-8-18(26)14-29/h12-13,15,17-19,21H,3-11,14,26H2,1-2H3/t15?,17?,18-,19?,21-/m0/s1. The number of hydrogen-bond donors (Lipinski definition) is 1. The van der Waals surface area contributed by atoms with Gasteiger partial charge in [0.1, 0.15) is 5.82 Å². The van der Waals surface area contributed by atoms with Crippen molar-refractivity contribution in [2.75, 3.05) is 24.5 Å². The highest BCUT2D eigenvalue weighted by Gasteiger charge is 2.38. The summed E-state index contributed by atoms with van der Waals surface area (Å²) in [4.78, 5) is 22.9. The molecule has 174 valence electrons. The molecule has 1 saturated carbocycles. The number of rotatable bonds is 3. The van der Waals surface area contributed by atoms with Crippen LogP contribution in [0.5, 0.6) is 0 Å². The number of carbonyl (C=O) groups is 1. The van der Waals surface area contributed by atoms with E-state index in [0.29, 0.717) is 5.92 Å². The molecule has 5 rings (SSSR count). The van der Waals surface area contributed by atoms with Crippen molar-refractivity contribution >= 4 is 29.0 Å². The van der Waals surface area contributed by atoms with Gasteiger partial charge in [0.15, 0.2) is 5.65 Å². The van der Waals surface area contributed by atoms with Gasteiger partial charge < -0.3 is 15.5 Å². The van der Waals surface area contributed by atoms with Gasteiger partial charge in [0.05, 0.1) is 11.7 Å². The van der Waals surface area contributed by atoms with E-state index < -0.39 is 0 Å². The fourth-order valence-electron chi connectivity index (χ4n) is 5.81. The van der Waals surface area contributed by atoms with Gasteiger partial charge >= 0.3 is 0 Å². The van der Waals surface area contributed by atoms with Gasteiger partial charge in [-0.25, -0.2) is 9.50 Å². The summed E-state index contributed by atoms with van der Waals surface area (Å²) < 4.78 is 1.87. The van der Waals surface area contributed by atoms with Crippen LogP contribution in [-0.2, 0) is 4.79 Å². The Morgan fingerprint density at radius 3 is 2.81 bits per heavy atom. The molecule has 8 heteroatoms. The van der Waals surface area contributed by atoms with E-state index in [4.69, 9.17) is 27.4 Å². The molecule has 7 nitrogen and oxygen atoms in total. The summed E-state index contributed by atoms with van der Waals surface area (Å²) in [5, 5.41) is 5.00. The van der Waals surface area contributed by atoms with Gasteiger partial charge in [-0.2, -0.15) is 5.10 Å². The Morgan fingerprint density at radius 1 is 1.19 bits per heavy atom. The summed E-state index contributed by atoms with van der Waals surface area (Å²) in [5.74, 6) is 1.67. The number of anilines is 1. The molecule has 4 heterocycles. The third-order valence-corrected chi connectivity index (χ3v) is 8.12. The molecule has 3 fully saturated rings. The average Bonchev–Trinajstić information content (AvgIpc) is 3.40. The normalized spacial score (nSPS) is 31.4. The molecule has 2 aliphatic heterocycles. The molecule has 1 aliphatic carbocycles. The van der Waals surface area contributed by atoms with E-state index in [9.17, 15) is 4.79 Å². The first-order chi connectivity index (χ1) is 15.4. The number of piperidine rings is 1. The number of likely N-dealkylation sites (tertiary alicyclic amines) is 1. The van der Waals surface area contributed by atoms with Crippen LogP contribution in [0.1, 0.15) is 69.2 Å². The number of nitrogens with zero attached hydrogens (tertiary/aromatic N) is 5. The highest BCUT2D eigenvalue weighted by atomic mass is 35.5. The molecule has 2 saturated heterocycles. The Kier molecular flexibility index (Phi) is 6.05. The number of halogens is 1. The highest BCUT2D eigenvalue weighted by molar-refractivity contribution is 6.20. The van der Waals surface area contributed by atoms with E-state index in [2.05, 4.69) is 35.9 Å². The van der Waals surface area contributed by atoms with Crippen LogP contribution in [0.25, 0.3) is 5.65 Å². The maximum atomic E-state index is 13.6. The number of hydrogen-bond acceptors (Lipinski definition) is 5. The van der Waals surface area contributed by atoms with Gasteiger partial charge in [-0.1, -0.05) is 6.92 Å². The van der Waals surface area contributed by atoms with E-state index in [1.54, 1.807) is 0 Å². The zero-order valence-corrected chi connectivity index (χ0v) is 20.0. The fraction of sp³-hybridized carbons (Fsp3) is 0.708. The summed E-state index contributed by atoms with van der Waals surface area (Å²) in [6.45, 7) is 6.87. The Bertz CT molecular complexity index is 992. The largest absolute Gasteiger partial charge is 0.355 e. The lowest BCUT2D eigenvalue weighted by Crippen LogP contribution is -2.45. The molecule has 0 aromatic carbocycles. The molecule has 3 unspecified atom stereocenters. The van der Waals surface area contributed by atoms with Crippen LogP contribution >= 0.6 is 11.6 Å². The molecule has 1 amide bonds. The molecule has 32 heavy (non-hydrogen) atoms. The number of aryl methyl sites for hydroxylation is 1. The summed E-state index contributed by atoms with van der Waals surface area (Å²) in [6, 6.07) is 2.30. The molecule has 0 bridgehead atoms. The molecule has 2 N–H and O–H groups in total. The molecule has 2 aromatic heterocycles. The van der Waals surface area contributed by atoms with E-state index in [1.807, 2.05) is 4.52 Å². The number of carbonyl (C=O) groups excluding carboxylic acids is 1. The van der Waals surface area contributed by atoms with E-state index in [-0.39, 0.29) is 29.3 Å². The first-order valence-electron chi connectivity index (χ1n) is 12.2. The van der Waals surface area contributed by atoms with Gasteiger partial charge in [-0.3, -0.25) is 4.79 Å². The smallest absolute Gasteiger partial charge is 0.226 e. The molecule has 2 aromatic rings. The second-order valence-corrected chi connectivity index (χ2v) is 10.8. The quantitative estimate of drug-likeness (QED) is 0.710. The Hall–Kier alpha value is -1.86. The van der Waals surface area contributed by atoms with Crippen molar-refractivity contribution in [2.45, 2.75) is 76.3 Å². The number of aromatic nitrogens is 3. The van der Waals surface area contributed by atoms with E-state index >= 15 is 0 Å². The molecule has 0 spiro atoms. The number of fused-ring (bicyclic) bond motifs is 1. The van der Waals surface area contributed by atoms with Crippen LogP contribution in [0.2, 0.25) is 0 Å². The van der Waals surface area contributed by atoms with E-state index in [0.717, 1.165) is 87.3 Å². The maximum Gasteiger partial charge on any atom is 0.226 e. The van der Waals surface area contributed by atoms with Crippen LogP contribution in [-0.4, -0.2) is 56.5 Å². The topological polar surface area (TPSA) is 79.8 Å². The van der Waals surface area contributed by atoms with Gasteiger partial charge in [-0.05, 0) is 57.8 Å². The zero-order chi connectivity index (χ0) is 22.4. The summed E-state index contributed by atoms with van der Waals surface area (Å²) in [7, 11) is 0. The van der Waals surface area contributed by atoms with Gasteiger partial charge in [-0.15, -0.1) is 11.6 Å². The predicted molar refractivity (Wildman–Crippen MR) is 127 cm³/mol. The zero-order valence-electron chi connectivity index (χ0n) is 19.2. The summed E-state index contributed by atoms with van der Waals surface area (Å²) >= 11 is 6.45. The average molecular weight is 459 g/mol. The van der Waals surface area contributed by atoms with E-state index in [1.165, 1.54) is 0 Å². The minimum Gasteiger partial charge on any atom is -0.355 e. The first-order valence-corrected chi connectivity index (χ1v) is 12.7. The van der Waals surface area contributed by atoms with Gasteiger partial charge in [0, 0.05) is 54.8 Å². The lowest BCUT2D eigenvalue weighted by atomic mass is 9.78. The first kappa shape index (κ1) is 22.0. The molecule has 5 atom stereocenters. The third kappa shape index (κ3) is 4.10. The molecule has 0 radical (unpaired) electrons. The SMILES string of the molecule is Cc1cn2nc([C@@H]3CCCCN3C(=O)C3CC(Cl)CCC3C)cc2nc1N1CC[C@H](N)C1. The number of nitrogens with two attached hydrogens (primary N) is 1. The number of alkyl halides is 1. The van der Waals surface area contributed by atoms with Crippen molar-refractivity contribution in [3.05, 3.63) is 23.5 Å². The summed E-state index contributed by atoms with van der Waals surface area (Å²) in [5.41, 5.74) is 9.01. The van der Waals surface area contributed by atoms with Crippen LogP contribution in [0.3, 0.4) is 0 Å². The third-order valence-electron chi connectivity index (χ3n) is 7.72. The van der Waals surface area contributed by atoms with Gasteiger partial charge in [0.2, 0.25) is 5.91 Å². The lowest BCUT2D eigenvalue weighted by molar-refractivity contribution is -0.142. The monoisotopic (exact) mass is 458 g/mol. The second kappa shape index (κ2) is 8.82. The minimum atomic E-state index is 0.0183. The van der Waals surface area contributed by atoms with Crippen LogP contribution in [0.4, 0.5) is 5.82 Å². The number of amides is 1. The highest BCUT2D eigenvalue weighted by Crippen LogP contribution is 2.38. The molecular weight excluding hydrogens is 424 g/mol. The minimum absolute atomic E-state index is 0.0183. The van der Waals surface area contributed by atoms with Crippen molar-refractivity contribution in [3.8, 4) is 0 Å². The van der Waals surface area contributed by atoms with Crippen molar-refractivity contribution < 1.29 is 4.79 Å². The van der Waals surface area contributed by atoms with Crippen molar-refractivity contribution in [3.63, 3.8) is 0 Å². The summed E-state index contributed by atoms with van der Waals surface area (Å²) in [6.07, 6.45) is 9.01. The van der Waals surface area contributed by atoms with Crippen LogP contribution < -0.4 is 10.6 Å².